The van der Waals surface area contributed by atoms with E-state index in [2.05, 4.69) is 0 Å². The molecule has 112 valence electrons. The molecule has 1 rings (SSSR count). The summed E-state index contributed by atoms with van der Waals surface area (Å²) in [7, 11) is 0. The summed E-state index contributed by atoms with van der Waals surface area (Å²) in [5.74, 6) is -1.10. The van der Waals surface area contributed by atoms with Crippen LogP contribution >= 0.6 is 0 Å². The summed E-state index contributed by atoms with van der Waals surface area (Å²) >= 11 is 0. The number of hydrogen-bond acceptors (Lipinski definition) is 4. The van der Waals surface area contributed by atoms with Crippen LogP contribution in [0.3, 0.4) is 0 Å². The molecule has 5 nitrogen and oxygen atoms in total. The largest absolute Gasteiger partial charge is 0.481 e. The molecule has 0 amide bonds. The Morgan fingerprint density at radius 2 is 2.05 bits per heavy atom. The Morgan fingerprint density at radius 3 is 2.65 bits per heavy atom. The molecule has 3 atom stereocenters. The topological polar surface area (TPSA) is 80.7 Å². The Kier molecular flexibility index (Phi) is 6.98. The first-order valence-corrected chi connectivity index (χ1v) is 7.04. The number of carbonyl (C=O) groups excluding carboxylic acids is 2. The molecule has 0 radical (unpaired) electrons. The van der Waals surface area contributed by atoms with Gasteiger partial charge in [0.05, 0.1) is 0 Å². The number of allylic oxidation sites excluding steroid dienone is 2. The van der Waals surface area contributed by atoms with E-state index in [9.17, 15) is 14.4 Å². The first-order chi connectivity index (χ1) is 9.54. The second kappa shape index (κ2) is 8.51. The minimum Gasteiger partial charge on any atom is -0.481 e. The van der Waals surface area contributed by atoms with Gasteiger partial charge in [-0.25, -0.2) is 0 Å². The van der Waals surface area contributed by atoms with Crippen molar-refractivity contribution in [2.45, 2.75) is 51.6 Å². The molecular weight excluding hydrogens is 260 g/mol. The van der Waals surface area contributed by atoms with Crippen LogP contribution in [0.1, 0.15) is 45.4 Å². The van der Waals surface area contributed by atoms with Crippen LogP contribution in [0.2, 0.25) is 0 Å². The molecule has 0 aromatic carbocycles. The van der Waals surface area contributed by atoms with E-state index in [1.54, 1.807) is 0 Å². The molecule has 0 heterocycles. The van der Waals surface area contributed by atoms with Crippen molar-refractivity contribution in [3.8, 4) is 0 Å². The summed E-state index contributed by atoms with van der Waals surface area (Å²) in [6.07, 6.45) is 8.36. The van der Waals surface area contributed by atoms with Crippen LogP contribution in [-0.2, 0) is 19.1 Å². The van der Waals surface area contributed by atoms with Crippen molar-refractivity contribution in [1.29, 1.82) is 0 Å². The summed E-state index contributed by atoms with van der Waals surface area (Å²) in [5, 5.41) is 8.52. The third-order valence-electron chi connectivity index (χ3n) is 3.64. The highest BCUT2D eigenvalue weighted by atomic mass is 16.5. The quantitative estimate of drug-likeness (QED) is 0.320. The van der Waals surface area contributed by atoms with E-state index in [1.807, 2.05) is 12.2 Å². The number of carboxylic acid groups (broad SMARTS) is 1. The molecule has 20 heavy (non-hydrogen) atoms. The van der Waals surface area contributed by atoms with E-state index in [0.717, 1.165) is 19.1 Å². The molecule has 0 aromatic heterocycles. The minimum absolute atomic E-state index is 0.0483. The molecule has 1 saturated carbocycles. The van der Waals surface area contributed by atoms with Gasteiger partial charge in [-0.2, -0.15) is 0 Å². The van der Waals surface area contributed by atoms with Crippen molar-refractivity contribution in [3.63, 3.8) is 0 Å². The zero-order valence-electron chi connectivity index (χ0n) is 11.8. The number of rotatable bonds is 8. The average Bonchev–Trinajstić information content (AvgIpc) is 2.74. The predicted molar refractivity (Wildman–Crippen MR) is 73.1 cm³/mol. The molecule has 0 aliphatic heterocycles. The van der Waals surface area contributed by atoms with Crippen LogP contribution in [-0.4, -0.2) is 29.4 Å². The smallest absolute Gasteiger partial charge is 0.303 e. The summed E-state index contributed by atoms with van der Waals surface area (Å²) < 4.78 is 5.26. The van der Waals surface area contributed by atoms with Crippen LogP contribution in [0.15, 0.2) is 12.2 Å². The average molecular weight is 282 g/mol. The maximum absolute atomic E-state index is 11.0. The maximum atomic E-state index is 11.0. The Bertz CT molecular complexity index is 374. The van der Waals surface area contributed by atoms with Crippen molar-refractivity contribution < 1.29 is 24.2 Å². The van der Waals surface area contributed by atoms with E-state index in [4.69, 9.17) is 9.84 Å². The van der Waals surface area contributed by atoms with Gasteiger partial charge in [0.2, 0.25) is 0 Å². The van der Waals surface area contributed by atoms with E-state index in [-0.39, 0.29) is 30.3 Å². The van der Waals surface area contributed by atoms with Crippen molar-refractivity contribution in [3.05, 3.63) is 12.2 Å². The first-order valence-electron chi connectivity index (χ1n) is 7.04. The summed E-state index contributed by atoms with van der Waals surface area (Å²) in [6.45, 7) is 1.38. The fourth-order valence-corrected chi connectivity index (χ4v) is 2.66. The fourth-order valence-electron chi connectivity index (χ4n) is 2.66. The highest BCUT2D eigenvalue weighted by Crippen LogP contribution is 2.35. The van der Waals surface area contributed by atoms with E-state index in [1.165, 1.54) is 6.92 Å². The first kappa shape index (κ1) is 16.4. The number of carbonyl (C=O) groups is 3. The van der Waals surface area contributed by atoms with Crippen molar-refractivity contribution in [2.75, 3.05) is 0 Å². The standard InChI is InChI=1S/C15H22O5/c1-11(17)20-14-9-8-12(10-16)13(14)6-4-2-3-5-7-15(18)19/h2,4,10,12-14H,3,5-9H2,1H3,(H,18,19). The van der Waals surface area contributed by atoms with Gasteiger partial charge in [0.1, 0.15) is 12.4 Å². The lowest BCUT2D eigenvalue weighted by Gasteiger charge is -2.20. The molecule has 1 aliphatic rings. The maximum Gasteiger partial charge on any atom is 0.303 e. The number of unbranched alkanes of at least 4 members (excludes halogenated alkanes) is 1. The molecule has 3 unspecified atom stereocenters. The molecule has 0 bridgehead atoms. The Morgan fingerprint density at radius 1 is 1.30 bits per heavy atom. The summed E-state index contributed by atoms with van der Waals surface area (Å²) in [5.41, 5.74) is 0. The third kappa shape index (κ3) is 5.55. The highest BCUT2D eigenvalue weighted by Gasteiger charge is 2.36. The van der Waals surface area contributed by atoms with Crippen LogP contribution < -0.4 is 0 Å². The SMILES string of the molecule is CC(=O)OC1CCC(C=O)C1CC=CCCCC(=O)O. The highest BCUT2D eigenvalue weighted by molar-refractivity contribution is 5.66. The normalized spacial score (nSPS) is 25.8. The van der Waals surface area contributed by atoms with Gasteiger partial charge in [0.25, 0.3) is 0 Å². The second-order valence-corrected chi connectivity index (χ2v) is 5.18. The van der Waals surface area contributed by atoms with Gasteiger partial charge in [0, 0.05) is 25.2 Å². The lowest BCUT2D eigenvalue weighted by atomic mass is 9.92. The molecule has 5 heteroatoms. The summed E-state index contributed by atoms with van der Waals surface area (Å²) in [4.78, 5) is 32.4. The van der Waals surface area contributed by atoms with Gasteiger partial charge in [-0.15, -0.1) is 0 Å². The van der Waals surface area contributed by atoms with Gasteiger partial charge in [-0.05, 0) is 32.1 Å². The van der Waals surface area contributed by atoms with Gasteiger partial charge < -0.3 is 14.6 Å². The Balaban J connectivity index is 2.40. The van der Waals surface area contributed by atoms with Gasteiger partial charge >= 0.3 is 11.9 Å². The number of ether oxygens (including phenoxy) is 1. The molecule has 0 spiro atoms. The van der Waals surface area contributed by atoms with E-state index in [0.29, 0.717) is 19.3 Å². The predicted octanol–water partition coefficient (Wildman–Crippen LogP) is 2.34. The van der Waals surface area contributed by atoms with E-state index < -0.39 is 5.97 Å². The molecule has 0 aromatic rings. The fraction of sp³-hybridized carbons (Fsp3) is 0.667. The monoisotopic (exact) mass is 282 g/mol. The number of carboxylic acids is 1. The van der Waals surface area contributed by atoms with Gasteiger partial charge in [-0.1, -0.05) is 12.2 Å². The Hall–Kier alpha value is -1.65. The summed E-state index contributed by atoms with van der Waals surface area (Å²) in [6, 6.07) is 0. The van der Waals surface area contributed by atoms with Crippen LogP contribution in [0.4, 0.5) is 0 Å². The number of hydrogen-bond donors (Lipinski definition) is 1. The molecule has 1 aliphatic carbocycles. The van der Waals surface area contributed by atoms with Crippen molar-refractivity contribution >= 4 is 18.2 Å². The lowest BCUT2D eigenvalue weighted by Crippen LogP contribution is -2.24. The van der Waals surface area contributed by atoms with E-state index >= 15 is 0 Å². The van der Waals surface area contributed by atoms with Crippen molar-refractivity contribution in [1.82, 2.24) is 0 Å². The second-order valence-electron chi connectivity index (χ2n) is 5.18. The number of aldehydes is 1. The molecule has 0 saturated heterocycles. The van der Waals surface area contributed by atoms with Crippen LogP contribution in [0, 0.1) is 11.8 Å². The zero-order chi connectivity index (χ0) is 15.0. The lowest BCUT2D eigenvalue weighted by molar-refractivity contribution is -0.148. The number of esters is 1. The molecule has 1 fully saturated rings. The molecular formula is C15H22O5. The minimum atomic E-state index is -0.787. The zero-order valence-corrected chi connectivity index (χ0v) is 11.8. The van der Waals surface area contributed by atoms with Crippen molar-refractivity contribution in [2.24, 2.45) is 11.8 Å². The van der Waals surface area contributed by atoms with Gasteiger partial charge in [-0.3, -0.25) is 9.59 Å². The van der Waals surface area contributed by atoms with Crippen LogP contribution in [0.25, 0.3) is 0 Å². The number of aliphatic carboxylic acids is 1. The third-order valence-corrected chi connectivity index (χ3v) is 3.64. The Labute approximate surface area is 119 Å². The van der Waals surface area contributed by atoms with Crippen LogP contribution in [0.5, 0.6) is 0 Å². The van der Waals surface area contributed by atoms with Gasteiger partial charge in [0.15, 0.2) is 0 Å². The molecule has 1 N–H and O–H groups in total.